The quantitative estimate of drug-likeness (QED) is 0.559. The third-order valence-electron chi connectivity index (χ3n) is 2.47. The Morgan fingerprint density at radius 1 is 1.38 bits per heavy atom. The Labute approximate surface area is 102 Å². The Morgan fingerprint density at radius 3 is 2.88 bits per heavy atom. The van der Waals surface area contributed by atoms with Crippen molar-refractivity contribution in [3.8, 4) is 0 Å². The standard InChI is InChI=1S/C12H21N3S/c1-3-11(14-4-2)6-5-9-16-12-10-13-7-8-15-12/h7-8,10-11,14H,3-6,9H2,1-2H3. The van der Waals surface area contributed by atoms with Crippen molar-refractivity contribution in [2.75, 3.05) is 12.3 Å². The molecule has 0 aliphatic carbocycles. The molecule has 0 aliphatic heterocycles. The summed E-state index contributed by atoms with van der Waals surface area (Å²) in [5.41, 5.74) is 0. The second kappa shape index (κ2) is 8.53. The fourth-order valence-electron chi connectivity index (χ4n) is 1.61. The Hall–Kier alpha value is -0.610. The van der Waals surface area contributed by atoms with Crippen LogP contribution in [0.4, 0.5) is 0 Å². The van der Waals surface area contributed by atoms with Gasteiger partial charge in [-0.2, -0.15) is 0 Å². The van der Waals surface area contributed by atoms with E-state index in [0.717, 1.165) is 17.3 Å². The van der Waals surface area contributed by atoms with E-state index in [1.165, 1.54) is 19.3 Å². The normalized spacial score (nSPS) is 12.6. The molecule has 0 aromatic carbocycles. The van der Waals surface area contributed by atoms with Gasteiger partial charge in [0.25, 0.3) is 0 Å². The van der Waals surface area contributed by atoms with E-state index >= 15 is 0 Å². The van der Waals surface area contributed by atoms with Gasteiger partial charge >= 0.3 is 0 Å². The summed E-state index contributed by atoms with van der Waals surface area (Å²) in [6.45, 7) is 5.47. The molecule has 0 saturated carbocycles. The highest BCUT2D eigenvalue weighted by atomic mass is 32.2. The molecule has 0 bridgehead atoms. The van der Waals surface area contributed by atoms with Crippen LogP contribution in [0, 0.1) is 0 Å². The fraction of sp³-hybridized carbons (Fsp3) is 0.667. The first-order valence-corrected chi connectivity index (χ1v) is 6.97. The Morgan fingerprint density at radius 2 is 2.25 bits per heavy atom. The van der Waals surface area contributed by atoms with Gasteiger partial charge in [0.05, 0.1) is 6.20 Å². The highest BCUT2D eigenvalue weighted by Gasteiger charge is 2.03. The predicted octanol–water partition coefficient (Wildman–Crippen LogP) is 2.74. The van der Waals surface area contributed by atoms with Crippen LogP contribution in [0.15, 0.2) is 23.6 Å². The molecule has 0 aliphatic rings. The van der Waals surface area contributed by atoms with Gasteiger partial charge in [-0.25, -0.2) is 4.98 Å². The number of rotatable bonds is 8. The van der Waals surface area contributed by atoms with Crippen molar-refractivity contribution in [1.29, 1.82) is 0 Å². The van der Waals surface area contributed by atoms with E-state index in [2.05, 4.69) is 29.1 Å². The Kier molecular flexibility index (Phi) is 7.17. The zero-order valence-corrected chi connectivity index (χ0v) is 11.0. The molecular weight excluding hydrogens is 218 g/mol. The molecule has 0 amide bonds. The molecule has 1 unspecified atom stereocenters. The molecule has 0 radical (unpaired) electrons. The molecule has 1 heterocycles. The van der Waals surface area contributed by atoms with Crippen LogP contribution >= 0.6 is 11.8 Å². The summed E-state index contributed by atoms with van der Waals surface area (Å²) in [5, 5.41) is 4.52. The van der Waals surface area contributed by atoms with Crippen LogP contribution < -0.4 is 5.32 Å². The van der Waals surface area contributed by atoms with Crippen LogP contribution in [0.2, 0.25) is 0 Å². The summed E-state index contributed by atoms with van der Waals surface area (Å²) in [4.78, 5) is 8.29. The minimum absolute atomic E-state index is 0.674. The number of hydrogen-bond donors (Lipinski definition) is 1. The van der Waals surface area contributed by atoms with E-state index in [1.54, 1.807) is 24.2 Å². The highest BCUT2D eigenvalue weighted by Crippen LogP contribution is 2.15. The lowest BCUT2D eigenvalue weighted by atomic mass is 10.1. The molecular formula is C12H21N3S. The molecule has 1 aromatic rings. The van der Waals surface area contributed by atoms with Crippen molar-refractivity contribution in [2.45, 2.75) is 44.2 Å². The molecule has 1 aromatic heterocycles. The van der Waals surface area contributed by atoms with E-state index in [0.29, 0.717) is 6.04 Å². The molecule has 16 heavy (non-hydrogen) atoms. The second-order valence-electron chi connectivity index (χ2n) is 3.70. The van der Waals surface area contributed by atoms with Gasteiger partial charge in [-0.05, 0) is 31.6 Å². The summed E-state index contributed by atoms with van der Waals surface area (Å²) < 4.78 is 0. The monoisotopic (exact) mass is 239 g/mol. The SMILES string of the molecule is CCNC(CC)CCCSc1cnccn1. The fourth-order valence-corrected chi connectivity index (χ4v) is 2.40. The first kappa shape index (κ1) is 13.5. The minimum Gasteiger partial charge on any atom is -0.314 e. The largest absolute Gasteiger partial charge is 0.314 e. The van der Waals surface area contributed by atoms with E-state index in [-0.39, 0.29) is 0 Å². The van der Waals surface area contributed by atoms with Crippen LogP contribution in [-0.4, -0.2) is 28.3 Å². The van der Waals surface area contributed by atoms with Crippen LogP contribution in [0.1, 0.15) is 33.1 Å². The van der Waals surface area contributed by atoms with Gasteiger partial charge < -0.3 is 5.32 Å². The van der Waals surface area contributed by atoms with E-state index in [1.807, 2.05) is 6.20 Å². The Bertz CT molecular complexity index is 266. The van der Waals surface area contributed by atoms with Gasteiger partial charge in [0.1, 0.15) is 5.03 Å². The first-order valence-electron chi connectivity index (χ1n) is 5.99. The molecule has 1 N–H and O–H groups in total. The van der Waals surface area contributed by atoms with Crippen molar-refractivity contribution in [3.05, 3.63) is 18.6 Å². The van der Waals surface area contributed by atoms with Crippen LogP contribution in [0.5, 0.6) is 0 Å². The van der Waals surface area contributed by atoms with E-state index in [4.69, 9.17) is 0 Å². The molecule has 1 atom stereocenters. The summed E-state index contributed by atoms with van der Waals surface area (Å²) in [6.07, 6.45) is 8.97. The van der Waals surface area contributed by atoms with E-state index < -0.39 is 0 Å². The zero-order valence-electron chi connectivity index (χ0n) is 10.1. The maximum Gasteiger partial charge on any atom is 0.114 e. The zero-order chi connectivity index (χ0) is 11.6. The van der Waals surface area contributed by atoms with Crippen LogP contribution in [-0.2, 0) is 0 Å². The van der Waals surface area contributed by atoms with Gasteiger partial charge in [-0.3, -0.25) is 4.98 Å². The maximum absolute atomic E-state index is 4.24. The minimum atomic E-state index is 0.674. The van der Waals surface area contributed by atoms with Crippen LogP contribution in [0.3, 0.4) is 0 Å². The Balaban J connectivity index is 2.11. The van der Waals surface area contributed by atoms with Gasteiger partial charge in [0, 0.05) is 18.4 Å². The predicted molar refractivity (Wildman–Crippen MR) is 69.7 cm³/mol. The molecule has 0 saturated heterocycles. The summed E-state index contributed by atoms with van der Waals surface area (Å²) in [6, 6.07) is 0.674. The third kappa shape index (κ3) is 5.47. The van der Waals surface area contributed by atoms with Gasteiger partial charge in [-0.1, -0.05) is 13.8 Å². The van der Waals surface area contributed by atoms with Gasteiger partial charge in [0.15, 0.2) is 0 Å². The number of hydrogen-bond acceptors (Lipinski definition) is 4. The van der Waals surface area contributed by atoms with Crippen molar-refractivity contribution >= 4 is 11.8 Å². The molecule has 4 heteroatoms. The smallest absolute Gasteiger partial charge is 0.114 e. The molecule has 90 valence electrons. The van der Waals surface area contributed by atoms with Gasteiger partial charge in [-0.15, -0.1) is 11.8 Å². The summed E-state index contributed by atoms with van der Waals surface area (Å²) in [7, 11) is 0. The second-order valence-corrected chi connectivity index (χ2v) is 4.81. The number of aromatic nitrogens is 2. The summed E-state index contributed by atoms with van der Waals surface area (Å²) >= 11 is 1.79. The van der Waals surface area contributed by atoms with Crippen LogP contribution in [0.25, 0.3) is 0 Å². The molecule has 1 rings (SSSR count). The van der Waals surface area contributed by atoms with Gasteiger partial charge in [0.2, 0.25) is 0 Å². The van der Waals surface area contributed by atoms with Crippen molar-refractivity contribution in [2.24, 2.45) is 0 Å². The maximum atomic E-state index is 4.24. The van der Waals surface area contributed by atoms with E-state index in [9.17, 15) is 0 Å². The van der Waals surface area contributed by atoms with Crippen molar-refractivity contribution in [3.63, 3.8) is 0 Å². The molecule has 3 nitrogen and oxygen atoms in total. The average Bonchev–Trinajstić information content (AvgIpc) is 2.34. The first-order chi connectivity index (χ1) is 7.86. The lowest BCUT2D eigenvalue weighted by molar-refractivity contribution is 0.477. The lowest BCUT2D eigenvalue weighted by Crippen LogP contribution is -2.28. The molecule has 0 fully saturated rings. The number of nitrogens with zero attached hydrogens (tertiary/aromatic N) is 2. The van der Waals surface area contributed by atoms with Crippen molar-refractivity contribution < 1.29 is 0 Å². The lowest BCUT2D eigenvalue weighted by Gasteiger charge is -2.14. The number of nitrogens with one attached hydrogen (secondary N) is 1. The highest BCUT2D eigenvalue weighted by molar-refractivity contribution is 7.99. The number of thioether (sulfide) groups is 1. The topological polar surface area (TPSA) is 37.8 Å². The summed E-state index contributed by atoms with van der Waals surface area (Å²) in [5.74, 6) is 1.13. The van der Waals surface area contributed by atoms with Crippen molar-refractivity contribution in [1.82, 2.24) is 15.3 Å². The molecule has 0 spiro atoms. The third-order valence-corrected chi connectivity index (χ3v) is 3.47. The average molecular weight is 239 g/mol.